The van der Waals surface area contributed by atoms with Crippen molar-refractivity contribution in [2.75, 3.05) is 13.1 Å². The molecule has 1 unspecified atom stereocenters. The van der Waals surface area contributed by atoms with Crippen molar-refractivity contribution in [2.24, 2.45) is 5.92 Å². The Balaban J connectivity index is 1.28. The molecule has 0 radical (unpaired) electrons. The van der Waals surface area contributed by atoms with Crippen LogP contribution in [0.15, 0.2) is 42.9 Å². The van der Waals surface area contributed by atoms with E-state index in [9.17, 15) is 9.90 Å². The lowest BCUT2D eigenvalue weighted by atomic mass is 9.75. The van der Waals surface area contributed by atoms with Crippen LogP contribution in [0.25, 0.3) is 10.9 Å². The number of hydrogen-bond acceptors (Lipinski definition) is 4. The molecule has 7 nitrogen and oxygen atoms in total. The molecule has 1 fully saturated rings. The third-order valence-corrected chi connectivity index (χ3v) is 6.96. The fraction of sp³-hybridized carbons (Fsp3) is 0.409. The summed E-state index contributed by atoms with van der Waals surface area (Å²) in [5, 5.41) is 20.4. The average Bonchev–Trinajstić information content (AvgIpc) is 3.29. The second kappa shape index (κ2) is 7.25. The number of likely N-dealkylation sites (tertiary alicyclic amines) is 1. The van der Waals surface area contributed by atoms with E-state index in [0.29, 0.717) is 24.7 Å². The standard InChI is InChI=1S/C22H24ClN5O2/c1-22(20(29)18-10-17(23)9-15-13-26-28(22)19(15)18)16-4-7-27(8-5-16)21(30)25-12-14-3-2-6-24-11-14/h2-3,6,9-11,13,16,20,29H,4-5,7-8,12H2,1H3,(H,25,30)/t20-,22?/m1/s1. The van der Waals surface area contributed by atoms with E-state index in [2.05, 4.69) is 22.3 Å². The number of amides is 2. The van der Waals surface area contributed by atoms with Gasteiger partial charge in [-0.2, -0.15) is 5.10 Å². The van der Waals surface area contributed by atoms with Crippen molar-refractivity contribution in [1.29, 1.82) is 0 Å². The van der Waals surface area contributed by atoms with Crippen molar-refractivity contribution < 1.29 is 9.90 Å². The topological polar surface area (TPSA) is 83.3 Å². The van der Waals surface area contributed by atoms with Gasteiger partial charge in [-0.3, -0.25) is 9.67 Å². The maximum atomic E-state index is 12.6. The van der Waals surface area contributed by atoms with Crippen LogP contribution in [0.5, 0.6) is 0 Å². The van der Waals surface area contributed by atoms with E-state index in [1.165, 1.54) is 0 Å². The number of nitrogens with zero attached hydrogens (tertiary/aromatic N) is 4. The minimum atomic E-state index is -0.668. The van der Waals surface area contributed by atoms with Gasteiger partial charge in [0, 0.05) is 48.0 Å². The molecule has 3 aromatic rings. The smallest absolute Gasteiger partial charge is 0.317 e. The molecular formula is C22H24ClN5O2. The Labute approximate surface area is 179 Å². The molecule has 2 aliphatic heterocycles. The minimum Gasteiger partial charge on any atom is -0.386 e. The quantitative estimate of drug-likeness (QED) is 0.673. The monoisotopic (exact) mass is 425 g/mol. The number of halogens is 1. The fourth-order valence-electron chi connectivity index (χ4n) is 5.02. The number of pyridine rings is 1. The lowest BCUT2D eigenvalue weighted by molar-refractivity contribution is -0.0116. The largest absolute Gasteiger partial charge is 0.386 e. The molecule has 1 saturated heterocycles. The van der Waals surface area contributed by atoms with Crippen LogP contribution in [0, 0.1) is 5.92 Å². The molecule has 2 aliphatic rings. The van der Waals surface area contributed by atoms with Crippen molar-refractivity contribution in [3.8, 4) is 0 Å². The molecule has 156 valence electrons. The second-order valence-electron chi connectivity index (χ2n) is 8.40. The van der Waals surface area contributed by atoms with Crippen LogP contribution in [0.1, 0.15) is 37.0 Å². The second-order valence-corrected chi connectivity index (χ2v) is 8.84. The summed E-state index contributed by atoms with van der Waals surface area (Å²) >= 11 is 6.25. The molecule has 5 rings (SSSR count). The number of carbonyl (C=O) groups excluding carboxylic acids is 1. The summed E-state index contributed by atoms with van der Waals surface area (Å²) in [6, 6.07) is 7.47. The first-order valence-electron chi connectivity index (χ1n) is 10.3. The number of benzene rings is 1. The highest BCUT2D eigenvalue weighted by molar-refractivity contribution is 6.31. The molecule has 2 aromatic heterocycles. The van der Waals surface area contributed by atoms with Gasteiger partial charge in [0.2, 0.25) is 0 Å². The minimum absolute atomic E-state index is 0.0639. The molecule has 2 amide bonds. The van der Waals surface area contributed by atoms with Crippen molar-refractivity contribution >= 4 is 28.5 Å². The number of urea groups is 1. The van der Waals surface area contributed by atoms with Crippen LogP contribution in [-0.4, -0.2) is 43.9 Å². The molecular weight excluding hydrogens is 402 g/mol. The third-order valence-electron chi connectivity index (χ3n) is 6.74. The Bertz CT molecular complexity index is 1090. The molecule has 0 spiro atoms. The Kier molecular flexibility index (Phi) is 4.67. The summed E-state index contributed by atoms with van der Waals surface area (Å²) in [5.74, 6) is 0.198. The van der Waals surface area contributed by atoms with E-state index >= 15 is 0 Å². The van der Waals surface area contributed by atoms with E-state index in [-0.39, 0.29) is 11.9 Å². The lowest BCUT2D eigenvalue weighted by Gasteiger charge is -2.42. The van der Waals surface area contributed by atoms with Crippen LogP contribution in [0.4, 0.5) is 4.79 Å². The molecule has 0 saturated carbocycles. The van der Waals surface area contributed by atoms with E-state index in [0.717, 1.165) is 34.9 Å². The summed E-state index contributed by atoms with van der Waals surface area (Å²) in [5.41, 5.74) is 2.23. The number of piperidine rings is 1. The van der Waals surface area contributed by atoms with Crippen LogP contribution in [0.3, 0.4) is 0 Å². The first-order valence-corrected chi connectivity index (χ1v) is 10.6. The van der Waals surface area contributed by atoms with Gasteiger partial charge in [-0.05, 0) is 49.4 Å². The van der Waals surface area contributed by atoms with Gasteiger partial charge in [0.1, 0.15) is 6.10 Å². The molecule has 0 aliphatic carbocycles. The van der Waals surface area contributed by atoms with Crippen LogP contribution >= 0.6 is 11.6 Å². The Morgan fingerprint density at radius 3 is 2.87 bits per heavy atom. The maximum absolute atomic E-state index is 12.6. The molecule has 1 aromatic carbocycles. The number of aliphatic hydroxyl groups excluding tert-OH is 1. The molecule has 4 heterocycles. The number of aliphatic hydroxyl groups is 1. The van der Waals surface area contributed by atoms with Gasteiger partial charge in [0.05, 0.1) is 17.3 Å². The summed E-state index contributed by atoms with van der Waals surface area (Å²) in [7, 11) is 0. The van der Waals surface area contributed by atoms with Gasteiger partial charge < -0.3 is 15.3 Å². The van der Waals surface area contributed by atoms with Crippen molar-refractivity contribution in [3.63, 3.8) is 0 Å². The van der Waals surface area contributed by atoms with Gasteiger partial charge >= 0.3 is 6.03 Å². The van der Waals surface area contributed by atoms with Crippen molar-refractivity contribution in [1.82, 2.24) is 25.0 Å². The molecule has 2 N–H and O–H groups in total. The van der Waals surface area contributed by atoms with Crippen LogP contribution in [-0.2, 0) is 12.1 Å². The predicted molar refractivity (Wildman–Crippen MR) is 114 cm³/mol. The maximum Gasteiger partial charge on any atom is 0.317 e. The Morgan fingerprint density at radius 1 is 1.33 bits per heavy atom. The predicted octanol–water partition coefficient (Wildman–Crippen LogP) is 3.47. The first kappa shape index (κ1) is 19.3. The zero-order valence-corrected chi connectivity index (χ0v) is 17.5. The zero-order valence-electron chi connectivity index (χ0n) is 16.8. The van der Waals surface area contributed by atoms with E-state index in [4.69, 9.17) is 11.6 Å². The Morgan fingerprint density at radius 2 is 2.13 bits per heavy atom. The normalized spacial score (nSPS) is 23.8. The summed E-state index contributed by atoms with van der Waals surface area (Å²) < 4.78 is 1.97. The molecule has 8 heteroatoms. The first-order chi connectivity index (χ1) is 14.5. The van der Waals surface area contributed by atoms with Crippen LogP contribution < -0.4 is 5.32 Å². The van der Waals surface area contributed by atoms with Crippen molar-refractivity contribution in [2.45, 2.75) is 38.0 Å². The van der Waals surface area contributed by atoms with E-state index in [1.807, 2.05) is 40.0 Å². The molecule has 2 atom stereocenters. The highest BCUT2D eigenvalue weighted by Gasteiger charge is 2.50. The lowest BCUT2D eigenvalue weighted by Crippen LogP contribution is -2.50. The SMILES string of the molecule is CC1(C2CCN(C(=O)NCc3cccnc3)CC2)[C@H](O)c2cc(Cl)cc3cnn1c23. The van der Waals surface area contributed by atoms with Gasteiger partial charge in [0.15, 0.2) is 0 Å². The molecule has 0 bridgehead atoms. The highest BCUT2D eigenvalue weighted by atomic mass is 35.5. The van der Waals surface area contributed by atoms with E-state index < -0.39 is 11.6 Å². The van der Waals surface area contributed by atoms with Crippen molar-refractivity contribution in [3.05, 3.63) is 59.0 Å². The third kappa shape index (κ3) is 2.96. The average molecular weight is 426 g/mol. The van der Waals surface area contributed by atoms with Crippen LogP contribution in [0.2, 0.25) is 5.02 Å². The number of rotatable bonds is 3. The summed E-state index contributed by atoms with van der Waals surface area (Å²) in [6.45, 7) is 3.83. The zero-order chi connectivity index (χ0) is 20.9. The number of carbonyl (C=O) groups is 1. The van der Waals surface area contributed by atoms with E-state index in [1.54, 1.807) is 12.4 Å². The fourth-order valence-corrected chi connectivity index (χ4v) is 5.26. The van der Waals surface area contributed by atoms with Gasteiger partial charge in [-0.15, -0.1) is 0 Å². The number of aromatic nitrogens is 3. The summed E-state index contributed by atoms with van der Waals surface area (Å²) in [4.78, 5) is 18.5. The highest BCUT2D eigenvalue weighted by Crippen LogP contribution is 2.51. The van der Waals surface area contributed by atoms with Gasteiger partial charge in [0.25, 0.3) is 0 Å². The van der Waals surface area contributed by atoms with Gasteiger partial charge in [-0.25, -0.2) is 4.79 Å². The van der Waals surface area contributed by atoms with Gasteiger partial charge in [-0.1, -0.05) is 17.7 Å². The Hall–Kier alpha value is -2.64. The number of nitrogens with one attached hydrogen (secondary N) is 1. The molecule has 30 heavy (non-hydrogen) atoms. The number of hydrogen-bond donors (Lipinski definition) is 2. The summed E-state index contributed by atoms with van der Waals surface area (Å²) in [6.07, 6.45) is 6.22.